The molecule has 0 aliphatic heterocycles. The van der Waals surface area contributed by atoms with Crippen LogP contribution < -0.4 is 10.1 Å². The molecule has 0 saturated heterocycles. The summed E-state index contributed by atoms with van der Waals surface area (Å²) in [6, 6.07) is 5.18. The number of amides is 1. The SMILES string of the molecule is COc1ccc(Cl)cc1CC(=O)NCC(O)C1CC1. The monoisotopic (exact) mass is 283 g/mol. The van der Waals surface area contributed by atoms with Gasteiger partial charge in [0.2, 0.25) is 5.91 Å². The third-order valence-electron chi connectivity index (χ3n) is 3.27. The van der Waals surface area contributed by atoms with Crippen molar-refractivity contribution in [2.45, 2.75) is 25.4 Å². The fourth-order valence-corrected chi connectivity index (χ4v) is 2.18. The number of hydrogen-bond acceptors (Lipinski definition) is 3. The zero-order chi connectivity index (χ0) is 13.8. The highest BCUT2D eigenvalue weighted by Crippen LogP contribution is 2.32. The summed E-state index contributed by atoms with van der Waals surface area (Å²) < 4.78 is 5.19. The van der Waals surface area contributed by atoms with Crippen LogP contribution in [0, 0.1) is 5.92 Å². The molecule has 1 aromatic rings. The van der Waals surface area contributed by atoms with Gasteiger partial charge in [-0.1, -0.05) is 11.6 Å². The smallest absolute Gasteiger partial charge is 0.224 e. The van der Waals surface area contributed by atoms with Crippen molar-refractivity contribution in [1.82, 2.24) is 5.32 Å². The topological polar surface area (TPSA) is 58.6 Å². The van der Waals surface area contributed by atoms with Gasteiger partial charge < -0.3 is 15.2 Å². The van der Waals surface area contributed by atoms with Crippen LogP contribution in [0.4, 0.5) is 0 Å². The Morgan fingerprint density at radius 3 is 2.95 bits per heavy atom. The lowest BCUT2D eigenvalue weighted by Crippen LogP contribution is -2.34. The fourth-order valence-electron chi connectivity index (χ4n) is 1.99. The van der Waals surface area contributed by atoms with Crippen molar-refractivity contribution in [3.05, 3.63) is 28.8 Å². The van der Waals surface area contributed by atoms with E-state index in [4.69, 9.17) is 16.3 Å². The quantitative estimate of drug-likeness (QED) is 0.837. The Morgan fingerprint density at radius 1 is 1.58 bits per heavy atom. The van der Waals surface area contributed by atoms with Crippen molar-refractivity contribution < 1.29 is 14.6 Å². The molecular weight excluding hydrogens is 266 g/mol. The van der Waals surface area contributed by atoms with Crippen LogP contribution in [0.1, 0.15) is 18.4 Å². The fraction of sp³-hybridized carbons (Fsp3) is 0.500. The molecule has 0 radical (unpaired) electrons. The molecule has 0 aromatic heterocycles. The summed E-state index contributed by atoms with van der Waals surface area (Å²) >= 11 is 5.91. The van der Waals surface area contributed by atoms with Gasteiger partial charge in [-0.15, -0.1) is 0 Å². The summed E-state index contributed by atoms with van der Waals surface area (Å²) in [7, 11) is 1.56. The number of ether oxygens (including phenoxy) is 1. The summed E-state index contributed by atoms with van der Waals surface area (Å²) in [6.45, 7) is 0.312. The van der Waals surface area contributed by atoms with Crippen LogP contribution in [-0.4, -0.2) is 30.8 Å². The van der Waals surface area contributed by atoms with Gasteiger partial charge in [0.25, 0.3) is 0 Å². The predicted octanol–water partition coefficient (Wildman–Crippen LogP) is 1.78. The first-order valence-corrected chi connectivity index (χ1v) is 6.75. The van der Waals surface area contributed by atoms with Gasteiger partial charge in [0.05, 0.1) is 19.6 Å². The van der Waals surface area contributed by atoms with Gasteiger partial charge in [0, 0.05) is 17.1 Å². The molecule has 1 amide bonds. The van der Waals surface area contributed by atoms with Crippen molar-refractivity contribution in [3.8, 4) is 5.75 Å². The van der Waals surface area contributed by atoms with Crippen molar-refractivity contribution in [2.24, 2.45) is 5.92 Å². The largest absolute Gasteiger partial charge is 0.496 e. The lowest BCUT2D eigenvalue weighted by molar-refractivity contribution is -0.121. The van der Waals surface area contributed by atoms with E-state index >= 15 is 0 Å². The van der Waals surface area contributed by atoms with E-state index < -0.39 is 6.10 Å². The van der Waals surface area contributed by atoms with Gasteiger partial charge in [-0.05, 0) is 37.0 Å². The minimum Gasteiger partial charge on any atom is -0.496 e. The lowest BCUT2D eigenvalue weighted by atomic mass is 10.1. The van der Waals surface area contributed by atoms with Crippen molar-refractivity contribution in [2.75, 3.05) is 13.7 Å². The van der Waals surface area contributed by atoms with Crippen molar-refractivity contribution >= 4 is 17.5 Å². The predicted molar refractivity (Wildman–Crippen MR) is 73.4 cm³/mol. The molecule has 4 nitrogen and oxygen atoms in total. The summed E-state index contributed by atoms with van der Waals surface area (Å²) in [5.41, 5.74) is 0.744. The van der Waals surface area contributed by atoms with E-state index in [1.54, 1.807) is 25.3 Å². The minimum atomic E-state index is -0.426. The highest BCUT2D eigenvalue weighted by molar-refractivity contribution is 6.30. The maximum atomic E-state index is 11.8. The summed E-state index contributed by atoms with van der Waals surface area (Å²) in [4.78, 5) is 11.8. The van der Waals surface area contributed by atoms with Crippen LogP contribution in [-0.2, 0) is 11.2 Å². The van der Waals surface area contributed by atoms with E-state index in [0.29, 0.717) is 23.2 Å². The van der Waals surface area contributed by atoms with E-state index in [9.17, 15) is 9.90 Å². The third kappa shape index (κ3) is 4.11. The third-order valence-corrected chi connectivity index (χ3v) is 3.50. The van der Waals surface area contributed by atoms with Gasteiger partial charge in [-0.3, -0.25) is 4.79 Å². The Morgan fingerprint density at radius 2 is 2.32 bits per heavy atom. The molecule has 0 heterocycles. The summed E-state index contributed by atoms with van der Waals surface area (Å²) in [5.74, 6) is 0.864. The Labute approximate surface area is 117 Å². The van der Waals surface area contributed by atoms with Crippen LogP contribution in [0.25, 0.3) is 0 Å². The number of carbonyl (C=O) groups is 1. The van der Waals surface area contributed by atoms with E-state index in [1.165, 1.54) is 0 Å². The molecule has 19 heavy (non-hydrogen) atoms. The van der Waals surface area contributed by atoms with Crippen molar-refractivity contribution in [3.63, 3.8) is 0 Å². The molecule has 0 bridgehead atoms. The molecule has 1 aliphatic carbocycles. The molecule has 1 saturated carbocycles. The van der Waals surface area contributed by atoms with Gasteiger partial charge in [-0.2, -0.15) is 0 Å². The van der Waals surface area contributed by atoms with Gasteiger partial charge >= 0.3 is 0 Å². The average Bonchev–Trinajstić information content (AvgIpc) is 3.20. The first kappa shape index (κ1) is 14.2. The van der Waals surface area contributed by atoms with E-state index in [2.05, 4.69) is 5.32 Å². The Hall–Kier alpha value is -1.26. The summed E-state index contributed by atoms with van der Waals surface area (Å²) in [5, 5.41) is 13.0. The first-order chi connectivity index (χ1) is 9.10. The molecule has 1 aromatic carbocycles. The van der Waals surface area contributed by atoms with Gasteiger partial charge in [0.1, 0.15) is 5.75 Å². The second-order valence-electron chi connectivity index (χ2n) is 4.84. The molecule has 0 spiro atoms. The lowest BCUT2D eigenvalue weighted by Gasteiger charge is -2.12. The Balaban J connectivity index is 1.88. The van der Waals surface area contributed by atoms with Crippen LogP contribution >= 0.6 is 11.6 Å². The number of halogens is 1. The number of rotatable bonds is 6. The Bertz CT molecular complexity index is 460. The molecule has 2 N–H and O–H groups in total. The summed E-state index contributed by atoms with van der Waals surface area (Å²) in [6.07, 6.45) is 1.88. The highest BCUT2D eigenvalue weighted by atomic mass is 35.5. The molecule has 1 unspecified atom stereocenters. The number of methoxy groups -OCH3 is 1. The number of aliphatic hydroxyl groups excluding tert-OH is 1. The number of aliphatic hydroxyl groups is 1. The van der Waals surface area contributed by atoms with E-state index in [0.717, 1.165) is 18.4 Å². The van der Waals surface area contributed by atoms with Crippen LogP contribution in [0.3, 0.4) is 0 Å². The maximum absolute atomic E-state index is 11.8. The molecule has 1 fully saturated rings. The molecule has 104 valence electrons. The molecule has 5 heteroatoms. The van der Waals surface area contributed by atoms with Gasteiger partial charge in [0.15, 0.2) is 0 Å². The number of hydrogen-bond donors (Lipinski definition) is 2. The van der Waals surface area contributed by atoms with E-state index in [-0.39, 0.29) is 12.3 Å². The molecule has 1 atom stereocenters. The van der Waals surface area contributed by atoms with E-state index in [1.807, 2.05) is 0 Å². The molecule has 2 rings (SSSR count). The maximum Gasteiger partial charge on any atom is 0.224 e. The highest BCUT2D eigenvalue weighted by Gasteiger charge is 2.29. The minimum absolute atomic E-state index is 0.139. The second kappa shape index (κ2) is 6.26. The van der Waals surface area contributed by atoms with Crippen LogP contribution in [0.5, 0.6) is 5.75 Å². The standard InChI is InChI=1S/C14H18ClNO3/c1-19-13-5-4-11(15)6-10(13)7-14(18)16-8-12(17)9-2-3-9/h4-6,9,12,17H,2-3,7-8H2,1H3,(H,16,18). The van der Waals surface area contributed by atoms with Crippen molar-refractivity contribution in [1.29, 1.82) is 0 Å². The van der Waals surface area contributed by atoms with Gasteiger partial charge in [-0.25, -0.2) is 0 Å². The first-order valence-electron chi connectivity index (χ1n) is 6.37. The molecular formula is C14H18ClNO3. The normalized spacial score (nSPS) is 15.9. The number of carbonyl (C=O) groups excluding carboxylic acids is 1. The zero-order valence-corrected chi connectivity index (χ0v) is 11.6. The van der Waals surface area contributed by atoms with Crippen LogP contribution in [0.2, 0.25) is 5.02 Å². The molecule has 1 aliphatic rings. The second-order valence-corrected chi connectivity index (χ2v) is 5.28. The zero-order valence-electron chi connectivity index (χ0n) is 10.9. The average molecular weight is 284 g/mol. The Kier molecular flexibility index (Phi) is 4.66. The van der Waals surface area contributed by atoms with Crippen LogP contribution in [0.15, 0.2) is 18.2 Å². The number of benzene rings is 1. The number of nitrogens with one attached hydrogen (secondary N) is 1.